The van der Waals surface area contributed by atoms with Crippen molar-refractivity contribution in [2.45, 2.75) is 37.8 Å². The molecule has 0 bridgehead atoms. The van der Waals surface area contributed by atoms with Crippen LogP contribution >= 0.6 is 11.6 Å². The molecule has 0 aliphatic carbocycles. The standard InChI is InChI=1S/C18H24ClN3O2/c1-18(17(23)22(3)12-13-7-6-10-21(13)2)11-16(20-24-18)14-8-4-5-9-15(14)19/h4-5,8-9,13H,6-7,10-12H2,1-3H3. The van der Waals surface area contributed by atoms with Crippen molar-refractivity contribution in [1.29, 1.82) is 0 Å². The maximum absolute atomic E-state index is 12.9. The van der Waals surface area contributed by atoms with Gasteiger partial charge in [-0.2, -0.15) is 0 Å². The first-order valence-electron chi connectivity index (χ1n) is 8.36. The van der Waals surface area contributed by atoms with Crippen molar-refractivity contribution in [3.63, 3.8) is 0 Å². The molecule has 2 heterocycles. The number of carbonyl (C=O) groups is 1. The van der Waals surface area contributed by atoms with Crippen LogP contribution in [0.5, 0.6) is 0 Å². The van der Waals surface area contributed by atoms with Crippen molar-refractivity contribution in [2.24, 2.45) is 5.16 Å². The van der Waals surface area contributed by atoms with Crippen molar-refractivity contribution in [3.05, 3.63) is 34.9 Å². The molecule has 0 N–H and O–H groups in total. The van der Waals surface area contributed by atoms with Gasteiger partial charge >= 0.3 is 0 Å². The molecule has 3 rings (SSSR count). The van der Waals surface area contributed by atoms with E-state index < -0.39 is 5.60 Å². The van der Waals surface area contributed by atoms with Gasteiger partial charge in [-0.15, -0.1) is 0 Å². The maximum atomic E-state index is 12.9. The Morgan fingerprint density at radius 2 is 2.25 bits per heavy atom. The minimum atomic E-state index is -0.958. The van der Waals surface area contributed by atoms with Crippen LogP contribution in [0.15, 0.2) is 29.4 Å². The molecule has 0 spiro atoms. The number of oxime groups is 1. The summed E-state index contributed by atoms with van der Waals surface area (Å²) >= 11 is 6.23. The summed E-state index contributed by atoms with van der Waals surface area (Å²) in [5.41, 5.74) is 0.595. The van der Waals surface area contributed by atoms with E-state index in [1.807, 2.05) is 31.3 Å². The van der Waals surface area contributed by atoms with E-state index in [0.717, 1.165) is 30.8 Å². The quantitative estimate of drug-likeness (QED) is 0.839. The number of rotatable bonds is 4. The van der Waals surface area contributed by atoms with Crippen molar-refractivity contribution in [1.82, 2.24) is 9.80 Å². The molecule has 6 heteroatoms. The topological polar surface area (TPSA) is 45.1 Å². The van der Waals surface area contributed by atoms with E-state index in [0.29, 0.717) is 17.5 Å². The minimum Gasteiger partial charge on any atom is -0.379 e. The second kappa shape index (κ2) is 6.73. The second-order valence-electron chi connectivity index (χ2n) is 6.98. The lowest BCUT2D eigenvalue weighted by Crippen LogP contribution is -2.49. The van der Waals surface area contributed by atoms with Gasteiger partial charge in [0.25, 0.3) is 5.91 Å². The number of nitrogens with zero attached hydrogens (tertiary/aromatic N) is 3. The normalized spacial score (nSPS) is 27.0. The van der Waals surface area contributed by atoms with Gasteiger partial charge in [-0.05, 0) is 39.4 Å². The van der Waals surface area contributed by atoms with Crippen molar-refractivity contribution < 1.29 is 9.63 Å². The SMILES string of the molecule is CN(CC1CCCN1C)C(=O)C1(C)CC(c2ccccc2Cl)=NO1. The molecule has 1 aromatic carbocycles. The molecule has 1 saturated heterocycles. The van der Waals surface area contributed by atoms with Gasteiger partial charge in [0.2, 0.25) is 5.60 Å². The van der Waals surface area contributed by atoms with E-state index >= 15 is 0 Å². The van der Waals surface area contributed by atoms with Gasteiger partial charge in [-0.1, -0.05) is 35.0 Å². The van der Waals surface area contributed by atoms with Crippen LogP contribution in [0.1, 0.15) is 31.7 Å². The average molecular weight is 350 g/mol. The van der Waals surface area contributed by atoms with Crippen molar-refractivity contribution >= 4 is 23.2 Å². The predicted molar refractivity (Wildman–Crippen MR) is 95.4 cm³/mol. The van der Waals surface area contributed by atoms with Gasteiger partial charge in [0.05, 0.1) is 5.71 Å². The van der Waals surface area contributed by atoms with E-state index in [2.05, 4.69) is 17.1 Å². The number of benzene rings is 1. The zero-order valence-corrected chi connectivity index (χ0v) is 15.2. The molecule has 0 saturated carbocycles. The van der Waals surface area contributed by atoms with Crippen LogP contribution < -0.4 is 0 Å². The maximum Gasteiger partial charge on any atom is 0.269 e. The first kappa shape index (κ1) is 17.2. The van der Waals surface area contributed by atoms with Gasteiger partial charge in [-0.3, -0.25) is 4.79 Å². The summed E-state index contributed by atoms with van der Waals surface area (Å²) in [6.45, 7) is 3.62. The minimum absolute atomic E-state index is 0.0337. The fraction of sp³-hybridized carbons (Fsp3) is 0.556. The fourth-order valence-corrected chi connectivity index (χ4v) is 3.75. The molecular weight excluding hydrogens is 326 g/mol. The van der Waals surface area contributed by atoms with Gasteiger partial charge in [-0.25, -0.2) is 0 Å². The largest absolute Gasteiger partial charge is 0.379 e. The predicted octanol–water partition coefficient (Wildman–Crippen LogP) is 2.78. The Morgan fingerprint density at radius 1 is 1.50 bits per heavy atom. The van der Waals surface area contributed by atoms with E-state index in [-0.39, 0.29) is 5.91 Å². The molecule has 130 valence electrons. The summed E-state index contributed by atoms with van der Waals surface area (Å²) in [4.78, 5) is 22.5. The van der Waals surface area contributed by atoms with Crippen LogP contribution in [0.3, 0.4) is 0 Å². The highest BCUT2D eigenvalue weighted by Crippen LogP contribution is 2.31. The van der Waals surface area contributed by atoms with E-state index in [1.54, 1.807) is 11.8 Å². The van der Waals surface area contributed by atoms with Gasteiger partial charge in [0.15, 0.2) is 0 Å². The summed E-state index contributed by atoms with van der Waals surface area (Å²) in [6, 6.07) is 7.92. The van der Waals surface area contributed by atoms with Crippen molar-refractivity contribution in [3.8, 4) is 0 Å². The van der Waals surface area contributed by atoms with Gasteiger partial charge < -0.3 is 14.6 Å². The molecule has 5 nitrogen and oxygen atoms in total. The Kier molecular flexibility index (Phi) is 4.83. The highest BCUT2D eigenvalue weighted by atomic mass is 35.5. The monoisotopic (exact) mass is 349 g/mol. The Bertz CT molecular complexity index is 663. The summed E-state index contributed by atoms with van der Waals surface area (Å²) < 4.78 is 0. The summed E-state index contributed by atoms with van der Waals surface area (Å²) in [7, 11) is 3.96. The molecule has 0 aromatic heterocycles. The Labute approximate surface area is 148 Å². The first-order valence-corrected chi connectivity index (χ1v) is 8.74. The number of hydrogen-bond acceptors (Lipinski definition) is 4. The van der Waals surface area contributed by atoms with Crippen LogP contribution in [0, 0.1) is 0 Å². The third-order valence-electron chi connectivity index (χ3n) is 5.00. The number of likely N-dealkylation sites (N-methyl/N-ethyl adjacent to an activating group) is 2. The Morgan fingerprint density at radius 3 is 2.92 bits per heavy atom. The summed E-state index contributed by atoms with van der Waals surface area (Å²) in [5, 5.41) is 4.77. The van der Waals surface area contributed by atoms with Crippen LogP contribution in [0.25, 0.3) is 0 Å². The van der Waals surface area contributed by atoms with E-state index in [9.17, 15) is 4.79 Å². The number of likely N-dealkylation sites (tertiary alicyclic amines) is 1. The molecule has 2 unspecified atom stereocenters. The third kappa shape index (κ3) is 3.28. The van der Waals surface area contributed by atoms with E-state index in [4.69, 9.17) is 16.4 Å². The van der Waals surface area contributed by atoms with Crippen LogP contribution in [-0.4, -0.2) is 60.2 Å². The average Bonchev–Trinajstić information content (AvgIpc) is 3.14. The van der Waals surface area contributed by atoms with Gasteiger partial charge in [0, 0.05) is 36.6 Å². The van der Waals surface area contributed by atoms with Gasteiger partial charge in [0.1, 0.15) is 0 Å². The lowest BCUT2D eigenvalue weighted by Gasteiger charge is -2.30. The molecule has 2 aliphatic heterocycles. The van der Waals surface area contributed by atoms with Crippen LogP contribution in [0.2, 0.25) is 5.02 Å². The number of carbonyl (C=O) groups excluding carboxylic acids is 1. The van der Waals surface area contributed by atoms with Crippen LogP contribution in [-0.2, 0) is 9.63 Å². The Balaban J connectivity index is 1.66. The lowest BCUT2D eigenvalue weighted by molar-refractivity contribution is -0.152. The van der Waals surface area contributed by atoms with Crippen molar-refractivity contribution in [2.75, 3.05) is 27.2 Å². The lowest BCUT2D eigenvalue weighted by atomic mass is 9.94. The molecule has 24 heavy (non-hydrogen) atoms. The molecule has 1 amide bonds. The summed E-state index contributed by atoms with van der Waals surface area (Å²) in [5.74, 6) is -0.0337. The number of amides is 1. The smallest absolute Gasteiger partial charge is 0.269 e. The zero-order valence-electron chi connectivity index (χ0n) is 14.5. The molecule has 1 aromatic rings. The Hall–Kier alpha value is -1.59. The zero-order chi connectivity index (χ0) is 17.3. The first-order chi connectivity index (χ1) is 11.4. The van der Waals surface area contributed by atoms with E-state index in [1.165, 1.54) is 6.42 Å². The molecule has 2 atom stereocenters. The van der Waals surface area contributed by atoms with Crippen LogP contribution in [0.4, 0.5) is 0 Å². The molecule has 0 radical (unpaired) electrons. The fourth-order valence-electron chi connectivity index (χ4n) is 3.51. The molecule has 1 fully saturated rings. The second-order valence-corrected chi connectivity index (χ2v) is 7.39. The molecule has 2 aliphatic rings. The summed E-state index contributed by atoms with van der Waals surface area (Å²) in [6.07, 6.45) is 2.75. The third-order valence-corrected chi connectivity index (χ3v) is 5.33. The highest BCUT2D eigenvalue weighted by molar-refractivity contribution is 6.34. The molecular formula is C18H24ClN3O2. The highest BCUT2D eigenvalue weighted by Gasteiger charge is 2.44. The number of halogens is 1. The number of hydrogen-bond donors (Lipinski definition) is 0.